The van der Waals surface area contributed by atoms with Gasteiger partial charge in [0.25, 0.3) is 5.91 Å². The summed E-state index contributed by atoms with van der Waals surface area (Å²) in [6.45, 7) is 4.91. The summed E-state index contributed by atoms with van der Waals surface area (Å²) in [5.41, 5.74) is 0.770. The lowest BCUT2D eigenvalue weighted by atomic mass is 9.81. The van der Waals surface area contributed by atoms with Gasteiger partial charge in [-0.05, 0) is 68.2 Å². The van der Waals surface area contributed by atoms with Crippen LogP contribution in [0, 0.1) is 29.6 Å². The number of hydrogen-bond acceptors (Lipinski definition) is 7. The molecule has 1 heterocycles. The monoisotopic (exact) mass is 470 g/mol. The van der Waals surface area contributed by atoms with E-state index in [1.165, 1.54) is 24.3 Å². The first-order chi connectivity index (χ1) is 16.2. The van der Waals surface area contributed by atoms with Gasteiger partial charge in [-0.1, -0.05) is 13.8 Å². The summed E-state index contributed by atoms with van der Waals surface area (Å²) in [4.78, 5) is 64.3. The zero-order chi connectivity index (χ0) is 24.6. The van der Waals surface area contributed by atoms with Crippen LogP contribution in [0.25, 0.3) is 0 Å². The van der Waals surface area contributed by atoms with Gasteiger partial charge in [-0.25, -0.2) is 9.59 Å². The van der Waals surface area contributed by atoms with E-state index in [1.54, 1.807) is 20.8 Å². The first kappa shape index (κ1) is 23.9. The minimum atomic E-state index is -1.05. The lowest BCUT2D eigenvalue weighted by Crippen LogP contribution is -2.50. The van der Waals surface area contributed by atoms with Gasteiger partial charge in [0.1, 0.15) is 6.04 Å². The van der Waals surface area contributed by atoms with Gasteiger partial charge in [0.05, 0.1) is 24.0 Å². The highest BCUT2D eigenvalue weighted by atomic mass is 16.5. The molecular formula is C25H30N2O7. The van der Waals surface area contributed by atoms with E-state index in [1.807, 2.05) is 0 Å². The first-order valence-corrected chi connectivity index (χ1v) is 11.8. The summed E-state index contributed by atoms with van der Waals surface area (Å²) in [6.07, 6.45) is 2.82. The molecule has 182 valence electrons. The third-order valence-electron chi connectivity index (χ3n) is 7.14. The van der Waals surface area contributed by atoms with Gasteiger partial charge in [-0.2, -0.15) is 0 Å². The second-order valence-corrected chi connectivity index (χ2v) is 9.57. The maximum absolute atomic E-state index is 13.1. The van der Waals surface area contributed by atoms with Crippen molar-refractivity contribution >= 4 is 35.3 Å². The largest absolute Gasteiger partial charge is 0.462 e. The predicted molar refractivity (Wildman–Crippen MR) is 120 cm³/mol. The van der Waals surface area contributed by atoms with Gasteiger partial charge < -0.3 is 14.8 Å². The number of nitrogens with one attached hydrogen (secondary N) is 1. The third-order valence-corrected chi connectivity index (χ3v) is 7.14. The van der Waals surface area contributed by atoms with E-state index in [9.17, 15) is 24.0 Å². The minimum absolute atomic E-state index is 0.223. The average Bonchev–Trinajstić information content (AvgIpc) is 3.48. The number of carbonyl (C=O) groups excluding carboxylic acids is 5. The van der Waals surface area contributed by atoms with E-state index in [4.69, 9.17) is 9.47 Å². The number of anilines is 1. The highest BCUT2D eigenvalue weighted by molar-refractivity contribution is 6.08. The molecule has 1 aromatic carbocycles. The number of carbonyl (C=O) groups is 5. The molecule has 0 radical (unpaired) electrons. The van der Waals surface area contributed by atoms with Crippen LogP contribution in [-0.4, -0.2) is 53.8 Å². The second-order valence-electron chi connectivity index (χ2n) is 9.57. The zero-order valence-electron chi connectivity index (χ0n) is 19.6. The minimum Gasteiger partial charge on any atom is -0.462 e. The molecule has 4 rings (SSSR count). The molecule has 34 heavy (non-hydrogen) atoms. The van der Waals surface area contributed by atoms with Gasteiger partial charge >= 0.3 is 11.9 Å². The van der Waals surface area contributed by atoms with E-state index in [0.717, 1.165) is 24.2 Å². The fraction of sp³-hybridized carbons (Fsp3) is 0.560. The Balaban J connectivity index is 1.35. The molecule has 3 fully saturated rings. The van der Waals surface area contributed by atoms with Crippen LogP contribution in [0.4, 0.5) is 5.69 Å². The van der Waals surface area contributed by atoms with E-state index >= 15 is 0 Å². The van der Waals surface area contributed by atoms with Crippen LogP contribution >= 0.6 is 0 Å². The third kappa shape index (κ3) is 4.31. The molecule has 1 aliphatic heterocycles. The number of likely N-dealkylation sites (tertiary alicyclic amines) is 1. The van der Waals surface area contributed by atoms with Crippen LogP contribution in [0.1, 0.15) is 50.4 Å². The Kier molecular flexibility index (Phi) is 6.72. The maximum Gasteiger partial charge on any atom is 0.338 e. The fourth-order valence-electron chi connectivity index (χ4n) is 5.70. The topological polar surface area (TPSA) is 119 Å². The number of hydrogen-bond donors (Lipinski definition) is 1. The van der Waals surface area contributed by atoms with Crippen LogP contribution in [0.5, 0.6) is 0 Å². The zero-order valence-corrected chi connectivity index (χ0v) is 19.6. The van der Waals surface area contributed by atoms with Crippen molar-refractivity contribution in [1.29, 1.82) is 0 Å². The number of esters is 2. The lowest BCUT2D eigenvalue weighted by molar-refractivity contribution is -0.162. The highest BCUT2D eigenvalue weighted by Crippen LogP contribution is 2.56. The normalized spacial score (nSPS) is 25.9. The Bertz CT molecular complexity index is 975. The molecule has 9 nitrogen and oxygen atoms in total. The molecular weight excluding hydrogens is 440 g/mol. The molecule has 0 aromatic heterocycles. The van der Waals surface area contributed by atoms with Crippen molar-refractivity contribution in [3.63, 3.8) is 0 Å². The second kappa shape index (κ2) is 9.56. The van der Waals surface area contributed by atoms with E-state index < -0.39 is 30.5 Å². The lowest BCUT2D eigenvalue weighted by Gasteiger charge is -2.28. The SMILES string of the molecule is CCOC(=O)c1ccc(NC(=O)COC(=O)[C@@H](C(C)C)N2C(=O)[C@@H]3[C@H]4CC[C@@H](C4)[C@@H]3C2=O)cc1. The van der Waals surface area contributed by atoms with Gasteiger partial charge in [-0.3, -0.25) is 19.3 Å². The standard InChI is InChI=1S/C25H30N2O7/c1-4-33-24(31)14-7-9-17(10-8-14)26-18(28)12-34-25(32)21(13(2)3)27-22(29)19-15-5-6-16(11-15)20(19)23(27)30/h7-10,13,15-16,19-21H,4-6,11-12H2,1-3H3,(H,26,28)/t15-,16-,19-,20+,21+/m0/s1. The fourth-order valence-corrected chi connectivity index (χ4v) is 5.70. The molecule has 1 aromatic rings. The van der Waals surface area contributed by atoms with E-state index in [0.29, 0.717) is 11.3 Å². The summed E-state index contributed by atoms with van der Waals surface area (Å²) in [7, 11) is 0. The average molecular weight is 471 g/mol. The highest BCUT2D eigenvalue weighted by Gasteiger charge is 2.62. The Morgan fingerprint density at radius 2 is 1.59 bits per heavy atom. The number of nitrogens with zero attached hydrogens (tertiary/aromatic N) is 1. The van der Waals surface area contributed by atoms with Crippen molar-refractivity contribution in [2.24, 2.45) is 29.6 Å². The molecule has 3 aliphatic rings. The number of ether oxygens (including phenoxy) is 2. The molecule has 0 unspecified atom stereocenters. The molecule has 1 N–H and O–H groups in total. The number of benzene rings is 1. The summed E-state index contributed by atoms with van der Waals surface area (Å²) >= 11 is 0. The van der Waals surface area contributed by atoms with Crippen molar-refractivity contribution in [2.45, 2.75) is 46.1 Å². The summed E-state index contributed by atoms with van der Waals surface area (Å²) in [5, 5.41) is 2.59. The molecule has 2 bridgehead atoms. The van der Waals surface area contributed by atoms with Gasteiger partial charge in [0.2, 0.25) is 11.8 Å². The van der Waals surface area contributed by atoms with Crippen molar-refractivity contribution in [3.8, 4) is 0 Å². The summed E-state index contributed by atoms with van der Waals surface area (Å²) in [5.74, 6) is -2.89. The van der Waals surface area contributed by atoms with Crippen LogP contribution in [0.15, 0.2) is 24.3 Å². The van der Waals surface area contributed by atoms with Gasteiger partial charge in [0.15, 0.2) is 6.61 Å². The number of amides is 3. The summed E-state index contributed by atoms with van der Waals surface area (Å²) < 4.78 is 10.1. The maximum atomic E-state index is 13.1. The molecule has 2 aliphatic carbocycles. The van der Waals surface area contributed by atoms with Crippen LogP contribution in [-0.2, 0) is 28.7 Å². The van der Waals surface area contributed by atoms with Crippen molar-refractivity contribution in [1.82, 2.24) is 4.90 Å². The van der Waals surface area contributed by atoms with Crippen LogP contribution in [0.2, 0.25) is 0 Å². The van der Waals surface area contributed by atoms with Gasteiger partial charge in [0, 0.05) is 5.69 Å². The predicted octanol–water partition coefficient (Wildman–Crippen LogP) is 2.40. The van der Waals surface area contributed by atoms with E-state index in [2.05, 4.69) is 5.32 Å². The Hall–Kier alpha value is -3.23. The number of imide groups is 1. The van der Waals surface area contributed by atoms with Crippen LogP contribution in [0.3, 0.4) is 0 Å². The number of rotatable bonds is 8. The Morgan fingerprint density at radius 3 is 2.12 bits per heavy atom. The van der Waals surface area contributed by atoms with E-state index in [-0.39, 0.29) is 48.0 Å². The molecule has 9 heteroatoms. The van der Waals surface area contributed by atoms with Crippen LogP contribution < -0.4 is 5.32 Å². The molecule has 0 spiro atoms. The molecule has 3 amide bonds. The molecule has 1 saturated heterocycles. The number of fused-ring (bicyclic) bond motifs is 5. The van der Waals surface area contributed by atoms with Crippen molar-refractivity contribution < 1.29 is 33.4 Å². The molecule has 2 saturated carbocycles. The smallest absolute Gasteiger partial charge is 0.338 e. The Morgan fingerprint density at radius 1 is 1.00 bits per heavy atom. The first-order valence-electron chi connectivity index (χ1n) is 11.8. The Labute approximate surface area is 198 Å². The summed E-state index contributed by atoms with van der Waals surface area (Å²) in [6, 6.07) is 5.06. The quantitative estimate of drug-likeness (QED) is 0.458. The molecule has 5 atom stereocenters. The van der Waals surface area contributed by atoms with Crippen molar-refractivity contribution in [3.05, 3.63) is 29.8 Å². The van der Waals surface area contributed by atoms with Gasteiger partial charge in [-0.15, -0.1) is 0 Å². The van der Waals surface area contributed by atoms with Crippen molar-refractivity contribution in [2.75, 3.05) is 18.5 Å².